The van der Waals surface area contributed by atoms with E-state index < -0.39 is 58.7 Å². The van der Waals surface area contributed by atoms with Crippen molar-refractivity contribution in [3.05, 3.63) is 0 Å². The van der Waals surface area contributed by atoms with Crippen LogP contribution in [0.5, 0.6) is 0 Å². The van der Waals surface area contributed by atoms with Crippen LogP contribution in [0.4, 0.5) is 9.59 Å². The second kappa shape index (κ2) is 14.5. The third-order valence-electron chi connectivity index (χ3n) is 4.71. The second-order valence-corrected chi connectivity index (χ2v) is 12.1. The van der Waals surface area contributed by atoms with E-state index >= 15 is 0 Å². The molecule has 0 radical (unpaired) electrons. The lowest BCUT2D eigenvalue weighted by Gasteiger charge is -2.27. The summed E-state index contributed by atoms with van der Waals surface area (Å²) >= 11 is 6.25. The number of nitrogens with one attached hydrogen (secondary N) is 2. The molecule has 36 heavy (non-hydrogen) atoms. The number of halogens is 1. The summed E-state index contributed by atoms with van der Waals surface area (Å²) < 4.78 is 21.2. The molecule has 1 unspecified atom stereocenters. The van der Waals surface area contributed by atoms with Gasteiger partial charge in [-0.3, -0.25) is 0 Å². The molecule has 0 aliphatic rings. The molecule has 0 heterocycles. The average molecular weight is 537 g/mol. The van der Waals surface area contributed by atoms with Gasteiger partial charge in [-0.25, -0.2) is 19.2 Å². The van der Waals surface area contributed by atoms with Crippen molar-refractivity contribution in [2.45, 2.75) is 105 Å². The van der Waals surface area contributed by atoms with Crippen LogP contribution in [0.1, 0.15) is 76.2 Å². The van der Waals surface area contributed by atoms with Gasteiger partial charge in [0, 0.05) is 11.3 Å². The van der Waals surface area contributed by atoms with E-state index in [0.29, 0.717) is 0 Å². The number of hydrogen-bond acceptors (Lipinski definition) is 8. The van der Waals surface area contributed by atoms with Gasteiger partial charge in [0.15, 0.2) is 0 Å². The SMILES string of the molecule is CC(Cl)C(COC(=O)[C@@H](NC(=O)OC(C)(C)C)C(C)C)COC(=O)[C@@H](NC(=O)OC(C)(C)C)C(C)C. The summed E-state index contributed by atoms with van der Waals surface area (Å²) in [6.45, 7) is 18.8. The van der Waals surface area contributed by atoms with Gasteiger partial charge in [0.1, 0.15) is 23.3 Å². The minimum atomic E-state index is -0.933. The number of carbonyl (C=O) groups excluding carboxylic acids is 4. The fourth-order valence-corrected chi connectivity index (χ4v) is 2.88. The van der Waals surface area contributed by atoms with Gasteiger partial charge >= 0.3 is 24.1 Å². The largest absolute Gasteiger partial charge is 0.464 e. The van der Waals surface area contributed by atoms with Crippen molar-refractivity contribution in [2.75, 3.05) is 13.2 Å². The summed E-state index contributed by atoms with van der Waals surface area (Å²) in [5.74, 6) is -2.36. The standard InChI is InChI=1S/C25H45ClN2O8/c1-14(2)18(27-22(31)35-24(6,7)8)20(29)33-12-17(16(5)26)13-34-21(30)19(15(3)4)28-23(32)36-25(9,10)11/h14-19H,12-13H2,1-11H3,(H,27,31)(H,28,32)/t16?,18-,19-/m0/s1. The average Bonchev–Trinajstić information content (AvgIpc) is 2.66. The predicted octanol–water partition coefficient (Wildman–Crippen LogP) is 4.41. The quantitative estimate of drug-likeness (QED) is 0.225. The zero-order chi connectivity index (χ0) is 28.4. The lowest BCUT2D eigenvalue weighted by Crippen LogP contribution is -2.48. The van der Waals surface area contributed by atoms with Crippen LogP contribution < -0.4 is 10.6 Å². The molecule has 0 spiro atoms. The molecule has 0 aromatic heterocycles. The monoisotopic (exact) mass is 536 g/mol. The second-order valence-electron chi connectivity index (χ2n) is 11.4. The van der Waals surface area contributed by atoms with Gasteiger partial charge < -0.3 is 29.6 Å². The van der Waals surface area contributed by atoms with Crippen molar-refractivity contribution in [3.63, 3.8) is 0 Å². The third-order valence-corrected chi connectivity index (χ3v) is 5.07. The predicted molar refractivity (Wildman–Crippen MR) is 137 cm³/mol. The van der Waals surface area contributed by atoms with Gasteiger partial charge in [-0.05, 0) is 60.3 Å². The van der Waals surface area contributed by atoms with Crippen LogP contribution in [0, 0.1) is 17.8 Å². The van der Waals surface area contributed by atoms with Crippen molar-refractivity contribution < 1.29 is 38.1 Å². The van der Waals surface area contributed by atoms with Crippen molar-refractivity contribution in [1.82, 2.24) is 10.6 Å². The number of rotatable bonds is 11. The first kappa shape index (κ1) is 33.8. The molecule has 0 aromatic rings. The maximum Gasteiger partial charge on any atom is 0.408 e. The van der Waals surface area contributed by atoms with E-state index in [1.165, 1.54) is 0 Å². The van der Waals surface area contributed by atoms with Crippen LogP contribution in [-0.4, -0.2) is 66.0 Å². The highest BCUT2D eigenvalue weighted by Crippen LogP contribution is 2.16. The third kappa shape index (κ3) is 14.4. The van der Waals surface area contributed by atoms with Crippen LogP contribution in [0.15, 0.2) is 0 Å². The molecule has 3 atom stereocenters. The van der Waals surface area contributed by atoms with Gasteiger partial charge in [0.05, 0.1) is 13.2 Å². The molecule has 0 saturated carbocycles. The molecule has 0 aliphatic heterocycles. The Kier molecular flexibility index (Phi) is 13.6. The summed E-state index contributed by atoms with van der Waals surface area (Å²) in [4.78, 5) is 49.6. The summed E-state index contributed by atoms with van der Waals surface area (Å²) in [6.07, 6.45) is -1.46. The molecule has 0 fully saturated rings. The fourth-order valence-electron chi connectivity index (χ4n) is 2.74. The highest BCUT2D eigenvalue weighted by atomic mass is 35.5. The van der Waals surface area contributed by atoms with E-state index in [2.05, 4.69) is 10.6 Å². The molecular weight excluding hydrogens is 492 g/mol. The first-order valence-corrected chi connectivity index (χ1v) is 12.6. The maximum atomic E-state index is 12.7. The Morgan fingerprint density at radius 2 is 0.972 bits per heavy atom. The highest BCUT2D eigenvalue weighted by molar-refractivity contribution is 6.20. The van der Waals surface area contributed by atoms with Gasteiger partial charge in [-0.15, -0.1) is 11.6 Å². The number of esters is 2. The molecule has 0 bridgehead atoms. The maximum absolute atomic E-state index is 12.7. The molecule has 10 nitrogen and oxygen atoms in total. The van der Waals surface area contributed by atoms with Crippen LogP contribution in [-0.2, 0) is 28.5 Å². The number of hydrogen-bond donors (Lipinski definition) is 2. The first-order valence-electron chi connectivity index (χ1n) is 12.2. The smallest absolute Gasteiger partial charge is 0.408 e. The van der Waals surface area contributed by atoms with Crippen LogP contribution >= 0.6 is 11.6 Å². The molecule has 0 aromatic carbocycles. The molecular formula is C25H45ClN2O8. The Balaban J connectivity index is 5.07. The first-order chi connectivity index (χ1) is 16.2. The summed E-state index contributed by atoms with van der Waals surface area (Å²) in [5.41, 5.74) is -1.44. The van der Waals surface area contributed by atoms with Crippen molar-refractivity contribution >= 4 is 35.7 Å². The summed E-state index contributed by atoms with van der Waals surface area (Å²) in [6, 6.07) is -1.87. The molecule has 0 rings (SSSR count). The van der Waals surface area contributed by atoms with Gasteiger partial charge in [-0.2, -0.15) is 0 Å². The fraction of sp³-hybridized carbons (Fsp3) is 0.840. The Bertz CT molecular complexity index is 683. The van der Waals surface area contributed by atoms with Crippen LogP contribution in [0.25, 0.3) is 0 Å². The molecule has 210 valence electrons. The van der Waals surface area contributed by atoms with Crippen molar-refractivity contribution in [1.29, 1.82) is 0 Å². The van der Waals surface area contributed by atoms with E-state index in [9.17, 15) is 19.2 Å². The lowest BCUT2D eigenvalue weighted by molar-refractivity contribution is -0.153. The van der Waals surface area contributed by atoms with Gasteiger partial charge in [-0.1, -0.05) is 27.7 Å². The Morgan fingerprint density at radius 3 is 1.19 bits per heavy atom. The van der Waals surface area contributed by atoms with E-state index in [1.807, 2.05) is 0 Å². The van der Waals surface area contributed by atoms with Crippen molar-refractivity contribution in [2.24, 2.45) is 17.8 Å². The Labute approximate surface area is 220 Å². The van der Waals surface area contributed by atoms with E-state index in [0.717, 1.165) is 0 Å². The number of amides is 2. The normalized spacial score (nSPS) is 14.6. The highest BCUT2D eigenvalue weighted by Gasteiger charge is 2.31. The number of carbonyl (C=O) groups is 4. The van der Waals surface area contributed by atoms with Gasteiger partial charge in [0.25, 0.3) is 0 Å². The van der Waals surface area contributed by atoms with Crippen molar-refractivity contribution in [3.8, 4) is 0 Å². The topological polar surface area (TPSA) is 129 Å². The molecule has 0 saturated heterocycles. The van der Waals surface area contributed by atoms with E-state index in [4.69, 9.17) is 30.5 Å². The molecule has 0 aliphatic carbocycles. The minimum absolute atomic E-state index is 0.137. The van der Waals surface area contributed by atoms with Gasteiger partial charge in [0.2, 0.25) is 0 Å². The van der Waals surface area contributed by atoms with Crippen LogP contribution in [0.3, 0.4) is 0 Å². The molecule has 11 heteroatoms. The summed E-state index contributed by atoms with van der Waals surface area (Å²) in [5, 5.41) is 4.56. The van der Waals surface area contributed by atoms with Crippen LogP contribution in [0.2, 0.25) is 0 Å². The minimum Gasteiger partial charge on any atom is -0.464 e. The number of alkyl carbamates (subject to hydrolysis) is 2. The van der Waals surface area contributed by atoms with E-state index in [1.54, 1.807) is 76.2 Å². The Morgan fingerprint density at radius 1 is 0.667 bits per heavy atom. The number of ether oxygens (including phenoxy) is 4. The molecule has 2 amide bonds. The number of alkyl halides is 1. The lowest BCUT2D eigenvalue weighted by atomic mass is 10.0. The summed E-state index contributed by atoms with van der Waals surface area (Å²) in [7, 11) is 0. The zero-order valence-electron chi connectivity index (χ0n) is 23.5. The Hall–Kier alpha value is -2.23. The van der Waals surface area contributed by atoms with E-state index in [-0.39, 0.29) is 25.0 Å². The zero-order valence-corrected chi connectivity index (χ0v) is 24.3. The molecule has 2 N–H and O–H groups in total.